The lowest BCUT2D eigenvalue weighted by Crippen LogP contribution is -2.56. The van der Waals surface area contributed by atoms with Gasteiger partial charge in [-0.1, -0.05) is 0 Å². The number of methoxy groups -OCH3 is 1. The van der Waals surface area contributed by atoms with E-state index in [2.05, 4.69) is 5.32 Å². The van der Waals surface area contributed by atoms with Gasteiger partial charge in [0.15, 0.2) is 0 Å². The molecule has 0 unspecified atom stereocenters. The third-order valence-electron chi connectivity index (χ3n) is 3.95. The third kappa shape index (κ3) is 2.37. The standard InChI is InChI=1S/C13H21N3O4/c1-9(2)16-11(18)13(14-12(16)19)4-6-15(7-5-13)10(17)8-20-3/h9H,4-8H2,1-3H3,(H,14,19). The summed E-state index contributed by atoms with van der Waals surface area (Å²) in [6.07, 6.45) is 0.909. The van der Waals surface area contributed by atoms with Crippen molar-refractivity contribution in [2.24, 2.45) is 0 Å². The molecule has 0 atom stereocenters. The average molecular weight is 283 g/mol. The molecule has 0 saturated carbocycles. The van der Waals surface area contributed by atoms with E-state index < -0.39 is 5.54 Å². The van der Waals surface area contributed by atoms with E-state index in [0.717, 1.165) is 0 Å². The smallest absolute Gasteiger partial charge is 0.325 e. The Bertz CT molecular complexity index is 427. The van der Waals surface area contributed by atoms with Gasteiger partial charge in [-0.3, -0.25) is 14.5 Å². The minimum atomic E-state index is -0.828. The topological polar surface area (TPSA) is 79.0 Å². The Hall–Kier alpha value is -1.63. The second-order valence-electron chi connectivity index (χ2n) is 5.59. The van der Waals surface area contributed by atoms with Crippen LogP contribution in [0, 0.1) is 0 Å². The fraction of sp³-hybridized carbons (Fsp3) is 0.769. The molecule has 1 spiro atoms. The van der Waals surface area contributed by atoms with E-state index in [0.29, 0.717) is 25.9 Å². The molecular formula is C13H21N3O4. The van der Waals surface area contributed by atoms with Gasteiger partial charge in [0.2, 0.25) is 5.91 Å². The maximum atomic E-state index is 12.5. The monoisotopic (exact) mass is 283 g/mol. The molecule has 0 aliphatic carbocycles. The maximum absolute atomic E-state index is 12.5. The number of carbonyl (C=O) groups is 3. The van der Waals surface area contributed by atoms with Crippen LogP contribution in [0.4, 0.5) is 4.79 Å². The molecule has 2 saturated heterocycles. The molecule has 4 amide bonds. The number of piperidine rings is 1. The summed E-state index contributed by atoms with van der Waals surface area (Å²) in [5.41, 5.74) is -0.828. The number of hydrogen-bond acceptors (Lipinski definition) is 4. The zero-order chi connectivity index (χ0) is 14.9. The van der Waals surface area contributed by atoms with Crippen molar-refractivity contribution in [3.63, 3.8) is 0 Å². The number of nitrogens with zero attached hydrogens (tertiary/aromatic N) is 2. The zero-order valence-electron chi connectivity index (χ0n) is 12.1. The normalized spacial score (nSPS) is 21.8. The van der Waals surface area contributed by atoms with Gasteiger partial charge in [0.05, 0.1) is 0 Å². The SMILES string of the molecule is COCC(=O)N1CCC2(CC1)NC(=O)N(C(C)C)C2=O. The van der Waals surface area contributed by atoms with Gasteiger partial charge in [0, 0.05) is 26.2 Å². The van der Waals surface area contributed by atoms with E-state index in [9.17, 15) is 14.4 Å². The first-order valence-electron chi connectivity index (χ1n) is 6.84. The summed E-state index contributed by atoms with van der Waals surface area (Å²) in [5, 5.41) is 2.81. The van der Waals surface area contributed by atoms with Gasteiger partial charge in [-0.15, -0.1) is 0 Å². The minimum Gasteiger partial charge on any atom is -0.375 e. The molecule has 2 fully saturated rings. The summed E-state index contributed by atoms with van der Waals surface area (Å²) in [6.45, 7) is 4.59. The number of hydrogen-bond donors (Lipinski definition) is 1. The third-order valence-corrected chi connectivity index (χ3v) is 3.95. The van der Waals surface area contributed by atoms with Crippen LogP contribution in [-0.2, 0) is 14.3 Å². The van der Waals surface area contributed by atoms with E-state index in [-0.39, 0.29) is 30.5 Å². The predicted octanol–water partition coefficient (Wildman–Crippen LogP) is -0.0458. The summed E-state index contributed by atoms with van der Waals surface area (Å²) < 4.78 is 4.82. The Labute approximate surface area is 118 Å². The van der Waals surface area contributed by atoms with Crippen LogP contribution in [-0.4, -0.2) is 66.0 Å². The number of ether oxygens (including phenoxy) is 1. The number of imide groups is 1. The van der Waals surface area contributed by atoms with E-state index in [1.54, 1.807) is 4.90 Å². The van der Waals surface area contributed by atoms with Crippen molar-refractivity contribution in [1.82, 2.24) is 15.1 Å². The molecule has 0 aromatic carbocycles. The number of carbonyl (C=O) groups excluding carboxylic acids is 3. The molecule has 0 bridgehead atoms. The molecule has 7 heteroatoms. The number of urea groups is 1. The summed E-state index contributed by atoms with van der Waals surface area (Å²) in [7, 11) is 1.48. The predicted molar refractivity (Wildman–Crippen MR) is 70.9 cm³/mol. The van der Waals surface area contributed by atoms with E-state index in [1.165, 1.54) is 12.0 Å². The molecule has 0 aromatic heterocycles. The van der Waals surface area contributed by atoms with Gasteiger partial charge in [-0.25, -0.2) is 4.79 Å². The highest BCUT2D eigenvalue weighted by Crippen LogP contribution is 2.30. The van der Waals surface area contributed by atoms with E-state index in [4.69, 9.17) is 4.74 Å². The van der Waals surface area contributed by atoms with Crippen LogP contribution in [0.5, 0.6) is 0 Å². The number of likely N-dealkylation sites (tertiary alicyclic amines) is 1. The number of rotatable bonds is 3. The van der Waals surface area contributed by atoms with Crippen molar-refractivity contribution < 1.29 is 19.1 Å². The molecule has 7 nitrogen and oxygen atoms in total. The zero-order valence-corrected chi connectivity index (χ0v) is 12.1. The lowest BCUT2D eigenvalue weighted by molar-refractivity contribution is -0.141. The molecule has 112 valence electrons. The molecule has 2 heterocycles. The lowest BCUT2D eigenvalue weighted by Gasteiger charge is -2.37. The molecule has 2 aliphatic rings. The molecular weight excluding hydrogens is 262 g/mol. The summed E-state index contributed by atoms with van der Waals surface area (Å²) in [6, 6.07) is -0.489. The molecule has 2 aliphatic heterocycles. The second kappa shape index (κ2) is 5.40. The van der Waals surface area contributed by atoms with Gasteiger partial charge in [-0.2, -0.15) is 0 Å². The fourth-order valence-electron chi connectivity index (χ4n) is 2.80. The largest absolute Gasteiger partial charge is 0.375 e. The quantitative estimate of drug-likeness (QED) is 0.737. The first kappa shape index (κ1) is 14.8. The van der Waals surface area contributed by atoms with Gasteiger partial charge >= 0.3 is 6.03 Å². The average Bonchev–Trinajstić information content (AvgIpc) is 2.62. The van der Waals surface area contributed by atoms with Crippen LogP contribution in [0.2, 0.25) is 0 Å². The van der Waals surface area contributed by atoms with Crippen molar-refractivity contribution in [3.05, 3.63) is 0 Å². The van der Waals surface area contributed by atoms with Crippen molar-refractivity contribution in [2.75, 3.05) is 26.8 Å². The highest BCUT2D eigenvalue weighted by Gasteiger charge is 2.53. The van der Waals surface area contributed by atoms with Crippen molar-refractivity contribution >= 4 is 17.8 Å². The highest BCUT2D eigenvalue weighted by molar-refractivity contribution is 6.07. The van der Waals surface area contributed by atoms with Crippen molar-refractivity contribution in [3.8, 4) is 0 Å². The molecule has 1 N–H and O–H groups in total. The Kier molecular flexibility index (Phi) is 3.99. The van der Waals surface area contributed by atoms with E-state index >= 15 is 0 Å². The van der Waals surface area contributed by atoms with Crippen LogP contribution < -0.4 is 5.32 Å². The molecule has 2 rings (SSSR count). The van der Waals surface area contributed by atoms with Gasteiger partial charge in [0.25, 0.3) is 5.91 Å². The Morgan fingerprint density at radius 2 is 1.95 bits per heavy atom. The van der Waals surface area contributed by atoms with Gasteiger partial charge in [0.1, 0.15) is 12.1 Å². The van der Waals surface area contributed by atoms with Crippen molar-refractivity contribution in [1.29, 1.82) is 0 Å². The maximum Gasteiger partial charge on any atom is 0.325 e. The van der Waals surface area contributed by atoms with Crippen LogP contribution >= 0.6 is 0 Å². The molecule has 0 radical (unpaired) electrons. The highest BCUT2D eigenvalue weighted by atomic mass is 16.5. The molecule has 20 heavy (non-hydrogen) atoms. The Morgan fingerprint density at radius 3 is 2.40 bits per heavy atom. The van der Waals surface area contributed by atoms with Gasteiger partial charge in [-0.05, 0) is 26.7 Å². The van der Waals surface area contributed by atoms with Crippen LogP contribution in [0.3, 0.4) is 0 Å². The second-order valence-corrected chi connectivity index (χ2v) is 5.59. The Morgan fingerprint density at radius 1 is 1.35 bits per heavy atom. The summed E-state index contributed by atoms with van der Waals surface area (Å²) in [4.78, 5) is 39.0. The molecule has 0 aromatic rings. The van der Waals surface area contributed by atoms with Gasteiger partial charge < -0.3 is 15.0 Å². The number of amides is 4. The summed E-state index contributed by atoms with van der Waals surface area (Å²) >= 11 is 0. The minimum absolute atomic E-state index is 0.0470. The van der Waals surface area contributed by atoms with Crippen LogP contribution in [0.25, 0.3) is 0 Å². The van der Waals surface area contributed by atoms with Crippen LogP contribution in [0.1, 0.15) is 26.7 Å². The first-order chi connectivity index (χ1) is 9.41. The first-order valence-corrected chi connectivity index (χ1v) is 6.84. The Balaban J connectivity index is 2.04. The van der Waals surface area contributed by atoms with E-state index in [1.807, 2.05) is 13.8 Å². The summed E-state index contributed by atoms with van der Waals surface area (Å²) in [5.74, 6) is -0.254. The van der Waals surface area contributed by atoms with Crippen LogP contribution in [0.15, 0.2) is 0 Å². The fourth-order valence-corrected chi connectivity index (χ4v) is 2.80. The van der Waals surface area contributed by atoms with Crippen molar-refractivity contribution in [2.45, 2.75) is 38.3 Å². The lowest BCUT2D eigenvalue weighted by atomic mass is 9.87. The number of nitrogens with one attached hydrogen (secondary N) is 1.